The van der Waals surface area contributed by atoms with Gasteiger partial charge in [0.05, 0.1) is 0 Å². The van der Waals surface area contributed by atoms with Crippen molar-refractivity contribution in [2.24, 2.45) is 0 Å². The highest BCUT2D eigenvalue weighted by atomic mass is 16.2. The number of hydrogen-bond acceptors (Lipinski definition) is 2. The Labute approximate surface area is 105 Å². The van der Waals surface area contributed by atoms with E-state index in [2.05, 4.69) is 13.8 Å². The third kappa shape index (κ3) is 6.97. The minimum absolute atomic E-state index is 0.000425. The molecule has 0 fully saturated rings. The van der Waals surface area contributed by atoms with Gasteiger partial charge in [0.2, 0.25) is 11.8 Å². The van der Waals surface area contributed by atoms with Crippen molar-refractivity contribution in [3.63, 3.8) is 0 Å². The maximum Gasteiger partial charge on any atom is 0.232 e. The highest BCUT2D eigenvalue weighted by Gasteiger charge is 2.17. The van der Waals surface area contributed by atoms with Crippen molar-refractivity contribution in [1.29, 1.82) is 0 Å². The molecule has 0 aliphatic rings. The normalized spacial score (nSPS) is 10.1. The Balaban J connectivity index is 4.25. The predicted molar refractivity (Wildman–Crippen MR) is 69.7 cm³/mol. The van der Waals surface area contributed by atoms with Gasteiger partial charge in [-0.2, -0.15) is 0 Å². The second kappa shape index (κ2) is 9.02. The maximum atomic E-state index is 11.9. The third-order valence-electron chi connectivity index (χ3n) is 2.72. The van der Waals surface area contributed by atoms with Gasteiger partial charge in [-0.1, -0.05) is 26.7 Å². The summed E-state index contributed by atoms with van der Waals surface area (Å²) in [7, 11) is 3.36. The molecule has 17 heavy (non-hydrogen) atoms. The molecule has 0 saturated carbocycles. The number of carbonyl (C=O) groups is 2. The van der Waals surface area contributed by atoms with Gasteiger partial charge in [-0.05, 0) is 12.8 Å². The van der Waals surface area contributed by atoms with E-state index in [1.54, 1.807) is 14.1 Å². The molecule has 0 radical (unpaired) electrons. The molecule has 0 spiro atoms. The Morgan fingerprint density at radius 1 is 0.882 bits per heavy atom. The van der Waals surface area contributed by atoms with Gasteiger partial charge in [0.1, 0.15) is 6.42 Å². The van der Waals surface area contributed by atoms with Gasteiger partial charge < -0.3 is 9.80 Å². The number of carbonyl (C=O) groups excluding carboxylic acids is 2. The fourth-order valence-corrected chi connectivity index (χ4v) is 1.46. The number of unbranched alkanes of at least 4 members (excludes halogenated alkanes) is 2. The Morgan fingerprint density at radius 2 is 1.35 bits per heavy atom. The van der Waals surface area contributed by atoms with Crippen molar-refractivity contribution in [2.75, 3.05) is 27.2 Å². The van der Waals surface area contributed by atoms with E-state index in [9.17, 15) is 9.59 Å². The molecule has 0 unspecified atom stereocenters. The van der Waals surface area contributed by atoms with E-state index in [0.717, 1.165) is 38.8 Å². The number of amides is 2. The van der Waals surface area contributed by atoms with E-state index in [1.165, 1.54) is 4.90 Å². The minimum Gasteiger partial charge on any atom is -0.348 e. The van der Waals surface area contributed by atoms with Gasteiger partial charge >= 0.3 is 0 Å². The Bertz CT molecular complexity index is 232. The molecule has 4 nitrogen and oxygen atoms in total. The monoisotopic (exact) mass is 242 g/mol. The summed E-state index contributed by atoms with van der Waals surface area (Å²) in [6.45, 7) is 5.76. The van der Waals surface area contributed by atoms with E-state index in [-0.39, 0.29) is 18.2 Å². The van der Waals surface area contributed by atoms with E-state index in [4.69, 9.17) is 0 Å². The van der Waals surface area contributed by atoms with Crippen LogP contribution < -0.4 is 0 Å². The van der Waals surface area contributed by atoms with Crippen molar-refractivity contribution in [2.45, 2.75) is 46.0 Å². The molecule has 0 atom stereocenters. The molecule has 0 aliphatic carbocycles. The zero-order valence-electron chi connectivity index (χ0n) is 11.7. The number of hydrogen-bond donors (Lipinski definition) is 0. The van der Waals surface area contributed by atoms with Gasteiger partial charge in [-0.3, -0.25) is 9.59 Å². The molecule has 0 N–H and O–H groups in total. The van der Waals surface area contributed by atoms with Crippen LogP contribution in [0.5, 0.6) is 0 Å². The van der Waals surface area contributed by atoms with Crippen LogP contribution in [0.4, 0.5) is 0 Å². The molecule has 0 aliphatic heterocycles. The van der Waals surface area contributed by atoms with Crippen LogP contribution in [-0.2, 0) is 9.59 Å². The van der Waals surface area contributed by atoms with Crippen LogP contribution in [0.15, 0.2) is 0 Å². The van der Waals surface area contributed by atoms with E-state index in [1.807, 2.05) is 4.90 Å². The molecule has 0 aromatic rings. The highest BCUT2D eigenvalue weighted by molar-refractivity contribution is 5.96. The second-order valence-electron chi connectivity index (χ2n) is 4.55. The van der Waals surface area contributed by atoms with Crippen LogP contribution >= 0.6 is 0 Å². The average molecular weight is 242 g/mol. The summed E-state index contributed by atoms with van der Waals surface area (Å²) in [5.74, 6) is -0.154. The van der Waals surface area contributed by atoms with E-state index >= 15 is 0 Å². The van der Waals surface area contributed by atoms with Crippen LogP contribution in [0, 0.1) is 0 Å². The lowest BCUT2D eigenvalue weighted by molar-refractivity contribution is -0.139. The van der Waals surface area contributed by atoms with Crippen molar-refractivity contribution < 1.29 is 9.59 Å². The van der Waals surface area contributed by atoms with Crippen LogP contribution in [0.1, 0.15) is 46.0 Å². The standard InChI is InChI=1S/C13H26N2O2/c1-5-7-9-15(10-8-6-2)13(17)11-12(16)14(3)4/h5-11H2,1-4H3. The van der Waals surface area contributed by atoms with Gasteiger partial charge in [-0.15, -0.1) is 0 Å². The Kier molecular flexibility index (Phi) is 8.46. The lowest BCUT2D eigenvalue weighted by atomic mass is 10.2. The van der Waals surface area contributed by atoms with Crippen molar-refractivity contribution >= 4 is 11.8 Å². The SMILES string of the molecule is CCCCN(CCCC)C(=O)CC(=O)N(C)C. The van der Waals surface area contributed by atoms with E-state index in [0.29, 0.717) is 0 Å². The number of nitrogens with zero attached hydrogens (tertiary/aromatic N) is 2. The lowest BCUT2D eigenvalue weighted by Crippen LogP contribution is -2.36. The molecule has 0 aromatic carbocycles. The highest BCUT2D eigenvalue weighted by Crippen LogP contribution is 2.03. The molecule has 0 rings (SSSR count). The first-order valence-corrected chi connectivity index (χ1v) is 6.50. The quantitative estimate of drug-likeness (QED) is 0.610. The minimum atomic E-state index is -0.118. The Morgan fingerprint density at radius 3 is 1.71 bits per heavy atom. The summed E-state index contributed by atoms with van der Waals surface area (Å²) >= 11 is 0. The van der Waals surface area contributed by atoms with Crippen LogP contribution in [-0.4, -0.2) is 48.8 Å². The Hall–Kier alpha value is -1.06. The second-order valence-corrected chi connectivity index (χ2v) is 4.55. The molecular weight excluding hydrogens is 216 g/mol. The first-order chi connectivity index (χ1) is 8.02. The summed E-state index contributed by atoms with van der Waals surface area (Å²) < 4.78 is 0. The van der Waals surface area contributed by atoms with Crippen molar-refractivity contribution in [1.82, 2.24) is 9.80 Å². The van der Waals surface area contributed by atoms with Gasteiger partial charge in [0, 0.05) is 27.2 Å². The van der Waals surface area contributed by atoms with Crippen molar-refractivity contribution in [3.8, 4) is 0 Å². The smallest absolute Gasteiger partial charge is 0.232 e. The largest absolute Gasteiger partial charge is 0.348 e. The van der Waals surface area contributed by atoms with Crippen LogP contribution in [0.2, 0.25) is 0 Å². The number of rotatable bonds is 8. The lowest BCUT2D eigenvalue weighted by Gasteiger charge is -2.23. The summed E-state index contributed by atoms with van der Waals surface area (Å²) in [6.07, 6.45) is 4.15. The average Bonchev–Trinajstić information content (AvgIpc) is 2.28. The third-order valence-corrected chi connectivity index (χ3v) is 2.72. The summed E-state index contributed by atoms with van der Waals surface area (Å²) in [5, 5.41) is 0. The van der Waals surface area contributed by atoms with Crippen LogP contribution in [0.25, 0.3) is 0 Å². The van der Waals surface area contributed by atoms with E-state index < -0.39 is 0 Å². The predicted octanol–water partition coefficient (Wildman–Crippen LogP) is 1.89. The topological polar surface area (TPSA) is 40.6 Å². The van der Waals surface area contributed by atoms with Gasteiger partial charge in [-0.25, -0.2) is 0 Å². The first kappa shape index (κ1) is 15.9. The maximum absolute atomic E-state index is 11.9. The molecule has 100 valence electrons. The van der Waals surface area contributed by atoms with Crippen molar-refractivity contribution in [3.05, 3.63) is 0 Å². The summed E-state index contributed by atoms with van der Waals surface area (Å²) in [6, 6.07) is 0. The zero-order valence-corrected chi connectivity index (χ0v) is 11.7. The summed E-state index contributed by atoms with van der Waals surface area (Å²) in [5.41, 5.74) is 0. The fourth-order valence-electron chi connectivity index (χ4n) is 1.46. The molecule has 0 bridgehead atoms. The molecule has 2 amide bonds. The molecule has 4 heteroatoms. The molecule has 0 heterocycles. The first-order valence-electron chi connectivity index (χ1n) is 6.50. The van der Waals surface area contributed by atoms with Gasteiger partial charge in [0.15, 0.2) is 0 Å². The molecular formula is C13H26N2O2. The zero-order chi connectivity index (χ0) is 13.3. The van der Waals surface area contributed by atoms with Gasteiger partial charge in [0.25, 0.3) is 0 Å². The fraction of sp³-hybridized carbons (Fsp3) is 0.846. The molecule has 0 aromatic heterocycles. The van der Waals surface area contributed by atoms with Crippen LogP contribution in [0.3, 0.4) is 0 Å². The molecule has 0 saturated heterocycles. The summed E-state index contributed by atoms with van der Waals surface area (Å²) in [4.78, 5) is 26.7.